The SMILES string of the molecule is CN(CC(=O)NC1CCC1)S(=O)(=O)c1cccnc1. The van der Waals surface area contributed by atoms with Crippen LogP contribution >= 0.6 is 0 Å². The van der Waals surface area contributed by atoms with Crippen LogP contribution in [-0.2, 0) is 14.8 Å². The van der Waals surface area contributed by atoms with E-state index in [4.69, 9.17) is 0 Å². The number of nitrogens with one attached hydrogen (secondary N) is 1. The van der Waals surface area contributed by atoms with Crippen LogP contribution in [0.25, 0.3) is 0 Å². The van der Waals surface area contributed by atoms with Gasteiger partial charge in [-0.05, 0) is 31.4 Å². The predicted octanol–water partition coefficient (Wildman–Crippen LogP) is 0.371. The highest BCUT2D eigenvalue weighted by Gasteiger charge is 2.25. The van der Waals surface area contributed by atoms with E-state index in [9.17, 15) is 13.2 Å². The zero-order valence-corrected chi connectivity index (χ0v) is 11.6. The van der Waals surface area contributed by atoms with Crippen LogP contribution in [0.1, 0.15) is 19.3 Å². The molecule has 0 atom stereocenters. The van der Waals surface area contributed by atoms with Crippen LogP contribution in [0.2, 0.25) is 0 Å². The topological polar surface area (TPSA) is 79.4 Å². The summed E-state index contributed by atoms with van der Waals surface area (Å²) >= 11 is 0. The molecule has 0 aromatic carbocycles. The van der Waals surface area contributed by atoms with Crippen molar-refractivity contribution in [2.45, 2.75) is 30.2 Å². The van der Waals surface area contributed by atoms with Crippen molar-refractivity contribution >= 4 is 15.9 Å². The van der Waals surface area contributed by atoms with E-state index < -0.39 is 10.0 Å². The Labute approximate surface area is 112 Å². The van der Waals surface area contributed by atoms with Crippen molar-refractivity contribution in [3.63, 3.8) is 0 Å². The number of likely N-dealkylation sites (N-methyl/N-ethyl adjacent to an activating group) is 1. The number of carbonyl (C=O) groups is 1. The highest BCUT2D eigenvalue weighted by atomic mass is 32.2. The molecule has 7 heteroatoms. The van der Waals surface area contributed by atoms with E-state index in [0.29, 0.717) is 0 Å². The first kappa shape index (κ1) is 14.0. The second-order valence-electron chi connectivity index (χ2n) is 4.65. The van der Waals surface area contributed by atoms with E-state index in [1.54, 1.807) is 6.07 Å². The number of hydrogen-bond donors (Lipinski definition) is 1. The van der Waals surface area contributed by atoms with Crippen LogP contribution in [-0.4, -0.2) is 43.2 Å². The molecule has 19 heavy (non-hydrogen) atoms. The van der Waals surface area contributed by atoms with Crippen molar-refractivity contribution in [3.05, 3.63) is 24.5 Å². The van der Waals surface area contributed by atoms with E-state index in [0.717, 1.165) is 23.6 Å². The largest absolute Gasteiger partial charge is 0.352 e. The van der Waals surface area contributed by atoms with Gasteiger partial charge >= 0.3 is 0 Å². The number of amides is 1. The Morgan fingerprint density at radius 2 is 2.26 bits per heavy atom. The van der Waals surface area contributed by atoms with E-state index in [1.807, 2.05) is 0 Å². The summed E-state index contributed by atoms with van der Waals surface area (Å²) in [6, 6.07) is 3.22. The molecule has 1 fully saturated rings. The molecule has 104 valence electrons. The lowest BCUT2D eigenvalue weighted by atomic mass is 9.93. The lowest BCUT2D eigenvalue weighted by molar-refractivity contribution is -0.122. The molecule has 1 aromatic heterocycles. The second-order valence-corrected chi connectivity index (χ2v) is 6.69. The lowest BCUT2D eigenvalue weighted by Gasteiger charge is -2.27. The van der Waals surface area contributed by atoms with Gasteiger partial charge in [0.25, 0.3) is 0 Å². The van der Waals surface area contributed by atoms with Crippen molar-refractivity contribution in [3.8, 4) is 0 Å². The van der Waals surface area contributed by atoms with Gasteiger partial charge in [0.05, 0.1) is 6.54 Å². The maximum Gasteiger partial charge on any atom is 0.244 e. The Morgan fingerprint density at radius 1 is 1.53 bits per heavy atom. The maximum atomic E-state index is 12.1. The van der Waals surface area contributed by atoms with Gasteiger partial charge in [0.1, 0.15) is 4.90 Å². The average Bonchev–Trinajstić information content (AvgIpc) is 2.35. The molecule has 1 N–H and O–H groups in total. The minimum atomic E-state index is -3.65. The Kier molecular flexibility index (Phi) is 4.16. The minimum absolute atomic E-state index is 0.0916. The van der Waals surface area contributed by atoms with Gasteiger partial charge in [-0.3, -0.25) is 9.78 Å². The summed E-state index contributed by atoms with van der Waals surface area (Å²) in [5.41, 5.74) is 0. The smallest absolute Gasteiger partial charge is 0.244 e. The fraction of sp³-hybridized carbons (Fsp3) is 0.500. The van der Waals surface area contributed by atoms with Gasteiger partial charge in [-0.1, -0.05) is 0 Å². The van der Waals surface area contributed by atoms with Gasteiger partial charge in [-0.2, -0.15) is 4.31 Å². The predicted molar refractivity (Wildman–Crippen MR) is 69.8 cm³/mol. The van der Waals surface area contributed by atoms with Gasteiger partial charge in [-0.25, -0.2) is 8.42 Å². The zero-order chi connectivity index (χ0) is 13.9. The van der Waals surface area contributed by atoms with Gasteiger partial charge < -0.3 is 5.32 Å². The Balaban J connectivity index is 1.98. The summed E-state index contributed by atoms with van der Waals surface area (Å²) in [6.07, 6.45) is 5.85. The minimum Gasteiger partial charge on any atom is -0.352 e. The summed E-state index contributed by atoms with van der Waals surface area (Å²) < 4.78 is 25.3. The fourth-order valence-electron chi connectivity index (χ4n) is 1.79. The summed E-state index contributed by atoms with van der Waals surface area (Å²) in [5.74, 6) is -0.264. The molecule has 6 nitrogen and oxygen atoms in total. The van der Waals surface area contributed by atoms with Crippen LogP contribution in [0.5, 0.6) is 0 Å². The van der Waals surface area contributed by atoms with E-state index in [-0.39, 0.29) is 23.4 Å². The molecule has 0 spiro atoms. The number of nitrogens with zero attached hydrogens (tertiary/aromatic N) is 2. The number of hydrogen-bond acceptors (Lipinski definition) is 4. The van der Waals surface area contributed by atoms with Gasteiger partial charge in [0.2, 0.25) is 15.9 Å². The molecule has 1 aromatic rings. The van der Waals surface area contributed by atoms with E-state index in [1.165, 1.54) is 25.5 Å². The molecule has 0 radical (unpaired) electrons. The summed E-state index contributed by atoms with van der Waals surface area (Å²) in [7, 11) is -2.26. The molecule has 2 rings (SSSR count). The third-order valence-electron chi connectivity index (χ3n) is 3.18. The third kappa shape index (κ3) is 3.30. The second kappa shape index (κ2) is 5.66. The zero-order valence-electron chi connectivity index (χ0n) is 10.7. The highest BCUT2D eigenvalue weighted by molar-refractivity contribution is 7.89. The molecule has 0 bridgehead atoms. The van der Waals surface area contributed by atoms with Crippen LogP contribution in [0.4, 0.5) is 0 Å². The van der Waals surface area contributed by atoms with E-state index >= 15 is 0 Å². The molecule has 0 aliphatic heterocycles. The number of pyridine rings is 1. The van der Waals surface area contributed by atoms with Crippen molar-refractivity contribution in [1.29, 1.82) is 0 Å². The summed E-state index contributed by atoms with van der Waals surface area (Å²) in [4.78, 5) is 15.6. The number of sulfonamides is 1. The standard InChI is InChI=1S/C12H17N3O3S/c1-15(9-12(16)14-10-4-2-5-10)19(17,18)11-6-3-7-13-8-11/h3,6-8,10H,2,4-5,9H2,1H3,(H,14,16). The molecular formula is C12H17N3O3S. The Hall–Kier alpha value is -1.47. The first-order valence-corrected chi connectivity index (χ1v) is 7.60. The van der Waals surface area contributed by atoms with Crippen molar-refractivity contribution in [2.75, 3.05) is 13.6 Å². The highest BCUT2D eigenvalue weighted by Crippen LogP contribution is 2.18. The van der Waals surface area contributed by atoms with Gasteiger partial charge in [0.15, 0.2) is 0 Å². The Bertz CT molecular complexity index is 541. The van der Waals surface area contributed by atoms with Crippen LogP contribution in [0, 0.1) is 0 Å². The van der Waals surface area contributed by atoms with Crippen molar-refractivity contribution in [2.24, 2.45) is 0 Å². The van der Waals surface area contributed by atoms with Crippen molar-refractivity contribution in [1.82, 2.24) is 14.6 Å². The number of aromatic nitrogens is 1. The maximum absolute atomic E-state index is 12.1. The van der Waals surface area contributed by atoms with Crippen LogP contribution in [0.3, 0.4) is 0 Å². The Morgan fingerprint density at radius 3 is 2.79 bits per heavy atom. The number of rotatable bonds is 5. The summed E-state index contributed by atoms with van der Waals surface area (Å²) in [5, 5.41) is 2.81. The van der Waals surface area contributed by atoms with Crippen molar-refractivity contribution < 1.29 is 13.2 Å². The van der Waals surface area contributed by atoms with E-state index in [2.05, 4.69) is 10.3 Å². The lowest BCUT2D eigenvalue weighted by Crippen LogP contribution is -2.45. The fourth-order valence-corrected chi connectivity index (χ4v) is 2.88. The molecule has 1 heterocycles. The third-order valence-corrected chi connectivity index (χ3v) is 4.97. The van der Waals surface area contributed by atoms with Gasteiger partial charge in [-0.15, -0.1) is 0 Å². The first-order valence-electron chi connectivity index (χ1n) is 6.16. The molecule has 1 aliphatic carbocycles. The molecule has 1 amide bonds. The first-order chi connectivity index (χ1) is 9.00. The summed E-state index contributed by atoms with van der Waals surface area (Å²) in [6.45, 7) is -0.173. The average molecular weight is 283 g/mol. The van der Waals surface area contributed by atoms with Crippen LogP contribution < -0.4 is 5.32 Å². The molecular weight excluding hydrogens is 266 g/mol. The molecule has 0 unspecified atom stereocenters. The quantitative estimate of drug-likeness (QED) is 0.847. The van der Waals surface area contributed by atoms with Gasteiger partial charge in [0, 0.05) is 25.5 Å². The molecule has 1 saturated carbocycles. The molecule has 0 saturated heterocycles. The monoisotopic (exact) mass is 283 g/mol. The van der Waals surface area contributed by atoms with Crippen LogP contribution in [0.15, 0.2) is 29.4 Å². The number of carbonyl (C=O) groups excluding carboxylic acids is 1. The molecule has 1 aliphatic rings. The normalized spacial score (nSPS) is 16.1.